The normalized spacial score (nSPS) is 28.2. The fourth-order valence-corrected chi connectivity index (χ4v) is 2.69. The molecule has 3 nitrogen and oxygen atoms in total. The maximum Gasteiger partial charge on any atom is 0.0674 e. The Labute approximate surface area is 107 Å². The smallest absolute Gasteiger partial charge is 0.0674 e. The second-order valence-electron chi connectivity index (χ2n) is 5.20. The molecule has 0 radical (unpaired) electrons. The Balaban J connectivity index is 2.48. The van der Waals surface area contributed by atoms with E-state index in [1.54, 1.807) is 0 Å². The largest absolute Gasteiger partial charge is 0.376 e. The van der Waals surface area contributed by atoms with Crippen molar-refractivity contribution >= 4 is 0 Å². The third-order valence-electron chi connectivity index (χ3n) is 3.64. The Morgan fingerprint density at radius 3 is 2.71 bits per heavy atom. The topological polar surface area (TPSA) is 24.5 Å². The number of hydrogen-bond donors (Lipinski definition) is 1. The van der Waals surface area contributed by atoms with Crippen LogP contribution in [-0.4, -0.2) is 49.3 Å². The second kappa shape index (κ2) is 8.06. The van der Waals surface area contributed by atoms with Gasteiger partial charge < -0.3 is 10.1 Å². The van der Waals surface area contributed by atoms with Crippen molar-refractivity contribution < 1.29 is 4.74 Å². The van der Waals surface area contributed by atoms with Gasteiger partial charge in [0.2, 0.25) is 0 Å². The average Bonchev–Trinajstić information content (AvgIpc) is 2.30. The number of rotatable bonds is 7. The van der Waals surface area contributed by atoms with Gasteiger partial charge in [0.15, 0.2) is 0 Å². The highest BCUT2D eigenvalue weighted by Gasteiger charge is 2.26. The molecule has 1 aliphatic rings. The van der Waals surface area contributed by atoms with Crippen LogP contribution in [0.1, 0.15) is 47.0 Å². The molecule has 1 heterocycles. The molecule has 1 rings (SSSR count). The SMILES string of the molecule is CCCC(CN1CC(C)OCC1CC)NCC. The summed E-state index contributed by atoms with van der Waals surface area (Å²) in [5.74, 6) is 0. The van der Waals surface area contributed by atoms with Gasteiger partial charge >= 0.3 is 0 Å². The van der Waals surface area contributed by atoms with Gasteiger partial charge in [-0.3, -0.25) is 4.90 Å². The molecule has 0 saturated carbocycles. The van der Waals surface area contributed by atoms with Crippen molar-refractivity contribution in [3.05, 3.63) is 0 Å². The highest BCUT2D eigenvalue weighted by Crippen LogP contribution is 2.15. The maximum absolute atomic E-state index is 5.75. The highest BCUT2D eigenvalue weighted by molar-refractivity contribution is 4.81. The Hall–Kier alpha value is -0.120. The van der Waals surface area contributed by atoms with Gasteiger partial charge in [0.05, 0.1) is 12.7 Å². The highest BCUT2D eigenvalue weighted by atomic mass is 16.5. The lowest BCUT2D eigenvalue weighted by atomic mass is 10.1. The minimum absolute atomic E-state index is 0.390. The number of morpholine rings is 1. The lowest BCUT2D eigenvalue weighted by molar-refractivity contribution is -0.0586. The van der Waals surface area contributed by atoms with Crippen molar-refractivity contribution in [2.24, 2.45) is 0 Å². The van der Waals surface area contributed by atoms with Crippen molar-refractivity contribution in [1.82, 2.24) is 10.2 Å². The molecule has 0 spiro atoms. The van der Waals surface area contributed by atoms with E-state index in [0.29, 0.717) is 18.2 Å². The first-order chi connectivity index (χ1) is 8.21. The van der Waals surface area contributed by atoms with Crippen LogP contribution in [0, 0.1) is 0 Å². The lowest BCUT2D eigenvalue weighted by Gasteiger charge is -2.40. The van der Waals surface area contributed by atoms with E-state index in [-0.39, 0.29) is 0 Å². The monoisotopic (exact) mass is 242 g/mol. The van der Waals surface area contributed by atoms with Gasteiger partial charge in [0.1, 0.15) is 0 Å². The van der Waals surface area contributed by atoms with Crippen LogP contribution in [0.15, 0.2) is 0 Å². The average molecular weight is 242 g/mol. The molecule has 0 aromatic heterocycles. The number of ether oxygens (including phenoxy) is 1. The Morgan fingerprint density at radius 1 is 1.35 bits per heavy atom. The van der Waals surface area contributed by atoms with Crippen LogP contribution in [0.3, 0.4) is 0 Å². The number of hydrogen-bond acceptors (Lipinski definition) is 3. The summed E-state index contributed by atoms with van der Waals surface area (Å²) in [6, 6.07) is 1.26. The van der Waals surface area contributed by atoms with Crippen LogP contribution < -0.4 is 5.32 Å². The Morgan fingerprint density at radius 2 is 2.12 bits per heavy atom. The van der Waals surface area contributed by atoms with E-state index in [1.165, 1.54) is 25.8 Å². The van der Waals surface area contributed by atoms with Crippen LogP contribution in [0.4, 0.5) is 0 Å². The van der Waals surface area contributed by atoms with E-state index in [9.17, 15) is 0 Å². The van der Waals surface area contributed by atoms with Gasteiger partial charge in [-0.25, -0.2) is 0 Å². The van der Waals surface area contributed by atoms with Gasteiger partial charge in [-0.05, 0) is 26.3 Å². The molecule has 1 aliphatic heterocycles. The maximum atomic E-state index is 5.75. The first-order valence-electron chi connectivity index (χ1n) is 7.30. The van der Waals surface area contributed by atoms with Crippen molar-refractivity contribution in [3.63, 3.8) is 0 Å². The third kappa shape index (κ3) is 4.94. The van der Waals surface area contributed by atoms with Crippen molar-refractivity contribution in [2.75, 3.05) is 26.2 Å². The molecule has 0 aliphatic carbocycles. The minimum atomic E-state index is 0.390. The zero-order valence-electron chi connectivity index (χ0n) is 12.0. The van der Waals surface area contributed by atoms with E-state index in [1.807, 2.05) is 0 Å². The summed E-state index contributed by atoms with van der Waals surface area (Å²) in [6.07, 6.45) is 4.11. The van der Waals surface area contributed by atoms with Gasteiger partial charge in [0, 0.05) is 25.2 Å². The lowest BCUT2D eigenvalue weighted by Crippen LogP contribution is -2.53. The molecule has 3 unspecified atom stereocenters. The molecule has 1 N–H and O–H groups in total. The molecule has 1 fully saturated rings. The molecule has 17 heavy (non-hydrogen) atoms. The minimum Gasteiger partial charge on any atom is -0.376 e. The van der Waals surface area contributed by atoms with Crippen LogP contribution in [0.25, 0.3) is 0 Å². The molecule has 0 aromatic carbocycles. The fourth-order valence-electron chi connectivity index (χ4n) is 2.69. The van der Waals surface area contributed by atoms with Gasteiger partial charge in [-0.1, -0.05) is 27.2 Å². The van der Waals surface area contributed by atoms with E-state index in [0.717, 1.165) is 19.7 Å². The molecule has 102 valence electrons. The summed E-state index contributed by atoms with van der Waals surface area (Å²) in [6.45, 7) is 13.1. The van der Waals surface area contributed by atoms with Crippen LogP contribution in [0.2, 0.25) is 0 Å². The van der Waals surface area contributed by atoms with Gasteiger partial charge in [-0.15, -0.1) is 0 Å². The standard InChI is InChI=1S/C14H30N2O/c1-5-8-13(15-7-3)10-16-9-12(4)17-11-14(16)6-2/h12-15H,5-11H2,1-4H3. The number of likely N-dealkylation sites (N-methyl/N-ethyl adjacent to an activating group) is 1. The summed E-state index contributed by atoms with van der Waals surface area (Å²) in [5.41, 5.74) is 0. The van der Waals surface area contributed by atoms with E-state index < -0.39 is 0 Å². The number of nitrogens with zero attached hydrogens (tertiary/aromatic N) is 1. The van der Waals surface area contributed by atoms with Crippen LogP contribution >= 0.6 is 0 Å². The Kier molecular flexibility index (Phi) is 7.09. The molecule has 3 atom stereocenters. The van der Waals surface area contributed by atoms with E-state index in [4.69, 9.17) is 4.74 Å². The molecular weight excluding hydrogens is 212 g/mol. The quantitative estimate of drug-likeness (QED) is 0.741. The first-order valence-corrected chi connectivity index (χ1v) is 7.30. The molecule has 1 saturated heterocycles. The summed E-state index contributed by atoms with van der Waals surface area (Å²) in [4.78, 5) is 2.62. The predicted octanol–water partition coefficient (Wildman–Crippen LogP) is 2.26. The zero-order valence-corrected chi connectivity index (χ0v) is 12.0. The molecular formula is C14H30N2O. The van der Waals surface area contributed by atoms with Crippen molar-refractivity contribution in [1.29, 1.82) is 0 Å². The van der Waals surface area contributed by atoms with Crippen LogP contribution in [-0.2, 0) is 4.74 Å². The molecule has 0 amide bonds. The molecule has 0 aromatic rings. The van der Waals surface area contributed by atoms with Gasteiger partial charge in [0.25, 0.3) is 0 Å². The van der Waals surface area contributed by atoms with Crippen LogP contribution in [0.5, 0.6) is 0 Å². The second-order valence-corrected chi connectivity index (χ2v) is 5.20. The summed E-state index contributed by atoms with van der Waals surface area (Å²) >= 11 is 0. The summed E-state index contributed by atoms with van der Waals surface area (Å²) < 4.78 is 5.75. The summed E-state index contributed by atoms with van der Waals surface area (Å²) in [5, 5.41) is 3.61. The first kappa shape index (κ1) is 14.9. The Bertz CT molecular complexity index is 193. The summed E-state index contributed by atoms with van der Waals surface area (Å²) in [7, 11) is 0. The molecule has 0 bridgehead atoms. The third-order valence-corrected chi connectivity index (χ3v) is 3.64. The predicted molar refractivity (Wildman–Crippen MR) is 73.4 cm³/mol. The molecule has 3 heteroatoms. The van der Waals surface area contributed by atoms with E-state index in [2.05, 4.69) is 37.9 Å². The zero-order chi connectivity index (χ0) is 12.7. The van der Waals surface area contributed by atoms with Crippen molar-refractivity contribution in [3.8, 4) is 0 Å². The van der Waals surface area contributed by atoms with Crippen molar-refractivity contribution in [2.45, 2.75) is 65.1 Å². The van der Waals surface area contributed by atoms with Gasteiger partial charge in [-0.2, -0.15) is 0 Å². The fraction of sp³-hybridized carbons (Fsp3) is 1.00. The number of nitrogens with one attached hydrogen (secondary N) is 1. The van der Waals surface area contributed by atoms with E-state index >= 15 is 0 Å².